The van der Waals surface area contributed by atoms with Crippen LogP contribution in [0.25, 0.3) is 0 Å². The lowest BCUT2D eigenvalue weighted by molar-refractivity contribution is 0.0348. The summed E-state index contributed by atoms with van der Waals surface area (Å²) in [7, 11) is 1.72. The molecule has 0 saturated carbocycles. The first-order valence-corrected chi connectivity index (χ1v) is 5.97. The van der Waals surface area contributed by atoms with Crippen LogP contribution >= 0.6 is 0 Å². The maximum atomic E-state index is 9.95. The van der Waals surface area contributed by atoms with Gasteiger partial charge in [0.25, 0.3) is 0 Å². The molecular weight excluding hydrogens is 190 g/mol. The number of aliphatic hydroxyl groups excluding tert-OH is 1. The molecule has 3 unspecified atom stereocenters. The van der Waals surface area contributed by atoms with Crippen molar-refractivity contribution in [1.82, 2.24) is 4.90 Å². The van der Waals surface area contributed by atoms with Crippen molar-refractivity contribution >= 4 is 0 Å². The van der Waals surface area contributed by atoms with E-state index in [-0.39, 0.29) is 6.10 Å². The zero-order valence-electron chi connectivity index (χ0n) is 10.9. The van der Waals surface area contributed by atoms with Gasteiger partial charge in [-0.2, -0.15) is 0 Å². The Bertz CT molecular complexity index is 153. The highest BCUT2D eigenvalue weighted by molar-refractivity contribution is 4.72. The first kappa shape index (κ1) is 14.9. The lowest BCUT2D eigenvalue weighted by atomic mass is 10.0. The van der Waals surface area contributed by atoms with Crippen LogP contribution in [0.4, 0.5) is 0 Å². The molecule has 3 heteroatoms. The van der Waals surface area contributed by atoms with Crippen molar-refractivity contribution < 1.29 is 9.84 Å². The van der Waals surface area contributed by atoms with Crippen LogP contribution in [-0.2, 0) is 4.74 Å². The second-order valence-electron chi connectivity index (χ2n) is 4.34. The quantitative estimate of drug-likeness (QED) is 0.672. The summed E-state index contributed by atoms with van der Waals surface area (Å²) in [6, 6.07) is 0.374. The molecule has 0 fully saturated rings. The molecule has 0 aliphatic rings. The fraction of sp³-hybridized carbons (Fsp3) is 1.00. The van der Waals surface area contributed by atoms with Crippen LogP contribution in [0, 0.1) is 5.92 Å². The van der Waals surface area contributed by atoms with Gasteiger partial charge in [0.2, 0.25) is 0 Å². The zero-order chi connectivity index (χ0) is 11.8. The van der Waals surface area contributed by atoms with Crippen LogP contribution < -0.4 is 0 Å². The van der Waals surface area contributed by atoms with Crippen molar-refractivity contribution in [2.75, 3.05) is 26.8 Å². The normalized spacial score (nSPS) is 17.8. The van der Waals surface area contributed by atoms with Crippen molar-refractivity contribution in [3.8, 4) is 0 Å². The molecule has 0 aliphatic carbocycles. The second kappa shape index (κ2) is 8.08. The van der Waals surface area contributed by atoms with E-state index in [9.17, 15) is 5.11 Å². The largest absolute Gasteiger partial charge is 0.392 e. The molecule has 1 N–H and O–H groups in total. The first-order chi connectivity index (χ1) is 7.06. The van der Waals surface area contributed by atoms with Crippen molar-refractivity contribution in [3.63, 3.8) is 0 Å². The molecule has 0 aromatic heterocycles. The average Bonchev–Trinajstić information content (AvgIpc) is 2.24. The third-order valence-corrected chi connectivity index (χ3v) is 3.16. The van der Waals surface area contributed by atoms with Gasteiger partial charge in [0, 0.05) is 19.7 Å². The van der Waals surface area contributed by atoms with Gasteiger partial charge in [0.05, 0.1) is 12.7 Å². The van der Waals surface area contributed by atoms with E-state index < -0.39 is 0 Å². The Morgan fingerprint density at radius 3 is 2.27 bits per heavy atom. The number of nitrogens with zero attached hydrogens (tertiary/aromatic N) is 1. The van der Waals surface area contributed by atoms with E-state index in [1.54, 1.807) is 7.11 Å². The Morgan fingerprint density at radius 1 is 1.27 bits per heavy atom. The Hall–Kier alpha value is -0.120. The smallest absolute Gasteiger partial charge is 0.0692 e. The number of ether oxygens (including phenoxy) is 1. The summed E-state index contributed by atoms with van der Waals surface area (Å²) in [5, 5.41) is 9.95. The minimum absolute atomic E-state index is 0.228. The van der Waals surface area contributed by atoms with E-state index in [4.69, 9.17) is 4.74 Å². The molecule has 0 rings (SSSR count). The van der Waals surface area contributed by atoms with Gasteiger partial charge in [-0.25, -0.2) is 0 Å². The fourth-order valence-electron chi connectivity index (χ4n) is 1.66. The van der Waals surface area contributed by atoms with Crippen LogP contribution in [-0.4, -0.2) is 49.0 Å². The second-order valence-corrected chi connectivity index (χ2v) is 4.34. The minimum atomic E-state index is -0.228. The van der Waals surface area contributed by atoms with E-state index in [0.29, 0.717) is 12.0 Å². The lowest BCUT2D eigenvalue weighted by Crippen LogP contribution is -2.42. The number of hydrogen-bond donors (Lipinski definition) is 1. The van der Waals surface area contributed by atoms with Crippen LogP contribution in [0.5, 0.6) is 0 Å². The van der Waals surface area contributed by atoms with E-state index in [2.05, 4.69) is 32.6 Å². The summed E-state index contributed by atoms with van der Waals surface area (Å²) >= 11 is 0. The molecule has 0 heterocycles. The van der Waals surface area contributed by atoms with Crippen LogP contribution in [0.15, 0.2) is 0 Å². The molecule has 0 amide bonds. The van der Waals surface area contributed by atoms with Crippen LogP contribution in [0.1, 0.15) is 34.1 Å². The number of hydrogen-bond acceptors (Lipinski definition) is 3. The maximum Gasteiger partial charge on any atom is 0.0692 e. The molecule has 0 aromatic carbocycles. The predicted molar refractivity (Wildman–Crippen MR) is 64.0 cm³/mol. The Balaban J connectivity index is 4.07. The van der Waals surface area contributed by atoms with Crippen LogP contribution in [0.3, 0.4) is 0 Å². The molecule has 0 aliphatic heterocycles. The maximum absolute atomic E-state index is 9.95. The molecule has 0 bridgehead atoms. The highest BCUT2D eigenvalue weighted by Crippen LogP contribution is 2.10. The van der Waals surface area contributed by atoms with Gasteiger partial charge < -0.3 is 9.84 Å². The van der Waals surface area contributed by atoms with Crippen LogP contribution in [0.2, 0.25) is 0 Å². The predicted octanol–water partition coefficient (Wildman–Crippen LogP) is 1.75. The number of methoxy groups -OCH3 is 1. The molecule has 3 nitrogen and oxygen atoms in total. The van der Waals surface area contributed by atoms with Gasteiger partial charge in [0.15, 0.2) is 0 Å². The Kier molecular flexibility index (Phi) is 8.02. The van der Waals surface area contributed by atoms with Crippen molar-refractivity contribution in [2.24, 2.45) is 5.92 Å². The summed E-state index contributed by atoms with van der Waals surface area (Å²) < 4.78 is 5.13. The van der Waals surface area contributed by atoms with E-state index in [1.165, 1.54) is 0 Å². The molecule has 15 heavy (non-hydrogen) atoms. The van der Waals surface area contributed by atoms with Crippen molar-refractivity contribution in [3.05, 3.63) is 0 Å². The third-order valence-electron chi connectivity index (χ3n) is 3.16. The third kappa shape index (κ3) is 5.50. The summed E-state index contributed by atoms with van der Waals surface area (Å²) in [5.74, 6) is 0.369. The highest BCUT2D eigenvalue weighted by Gasteiger charge is 2.19. The molecule has 0 saturated heterocycles. The minimum Gasteiger partial charge on any atom is -0.392 e. The van der Waals surface area contributed by atoms with E-state index in [0.717, 1.165) is 26.1 Å². The molecule has 0 radical (unpaired) electrons. The first-order valence-electron chi connectivity index (χ1n) is 5.97. The van der Waals surface area contributed by atoms with Gasteiger partial charge in [-0.3, -0.25) is 4.90 Å². The van der Waals surface area contributed by atoms with Gasteiger partial charge >= 0.3 is 0 Å². The number of rotatable bonds is 8. The Morgan fingerprint density at radius 2 is 1.87 bits per heavy atom. The zero-order valence-corrected chi connectivity index (χ0v) is 10.9. The summed E-state index contributed by atoms with van der Waals surface area (Å²) in [5.41, 5.74) is 0. The topological polar surface area (TPSA) is 32.7 Å². The van der Waals surface area contributed by atoms with Gasteiger partial charge in [-0.05, 0) is 19.4 Å². The van der Waals surface area contributed by atoms with Gasteiger partial charge in [0.1, 0.15) is 0 Å². The standard InChI is InChI=1S/C12H27NO2/c1-6-10(3)12(14)8-13(7-2)11(4)9-15-5/h10-12,14H,6-9H2,1-5H3. The monoisotopic (exact) mass is 217 g/mol. The van der Waals surface area contributed by atoms with E-state index in [1.807, 2.05) is 0 Å². The highest BCUT2D eigenvalue weighted by atomic mass is 16.5. The molecule has 3 atom stereocenters. The SMILES string of the molecule is CCC(C)C(O)CN(CC)C(C)COC. The van der Waals surface area contributed by atoms with Gasteiger partial charge in [-0.1, -0.05) is 27.2 Å². The van der Waals surface area contributed by atoms with Gasteiger partial charge in [-0.15, -0.1) is 0 Å². The molecule has 92 valence electrons. The van der Waals surface area contributed by atoms with Crippen molar-refractivity contribution in [1.29, 1.82) is 0 Å². The van der Waals surface area contributed by atoms with Crippen molar-refractivity contribution in [2.45, 2.75) is 46.3 Å². The average molecular weight is 217 g/mol. The number of likely N-dealkylation sites (N-methyl/N-ethyl adjacent to an activating group) is 1. The Labute approximate surface area is 94.4 Å². The number of aliphatic hydroxyl groups is 1. The molecule has 0 aromatic rings. The fourth-order valence-corrected chi connectivity index (χ4v) is 1.66. The lowest BCUT2D eigenvalue weighted by Gasteiger charge is -2.31. The molecule has 0 spiro atoms. The summed E-state index contributed by atoms with van der Waals surface area (Å²) in [6.45, 7) is 10.9. The summed E-state index contributed by atoms with van der Waals surface area (Å²) in [6.07, 6.45) is 0.798. The van der Waals surface area contributed by atoms with E-state index >= 15 is 0 Å². The molecular formula is C12H27NO2. The summed E-state index contributed by atoms with van der Waals surface area (Å²) in [4.78, 5) is 2.26.